The minimum Gasteiger partial charge on any atom is -0.492 e. The molecule has 7 heteroatoms. The van der Waals surface area contributed by atoms with Gasteiger partial charge in [0.1, 0.15) is 17.2 Å². The first-order valence-electron chi connectivity index (χ1n) is 10.4. The molecule has 7 nitrogen and oxygen atoms in total. The highest BCUT2D eigenvalue weighted by molar-refractivity contribution is 5.96. The Morgan fingerprint density at radius 3 is 2.40 bits per heavy atom. The lowest BCUT2D eigenvalue weighted by Gasteiger charge is -2.31. The molecule has 2 aromatic rings. The molecule has 30 heavy (non-hydrogen) atoms. The Kier molecular flexibility index (Phi) is 7.79. The van der Waals surface area contributed by atoms with Crippen molar-refractivity contribution in [3.05, 3.63) is 42.5 Å². The summed E-state index contributed by atoms with van der Waals surface area (Å²) in [7, 11) is 0. The Labute approximate surface area is 177 Å². The molecule has 1 amide bonds. The van der Waals surface area contributed by atoms with Crippen molar-refractivity contribution in [1.82, 2.24) is 0 Å². The van der Waals surface area contributed by atoms with Crippen molar-refractivity contribution >= 4 is 17.3 Å². The number of hydrogen-bond donors (Lipinski definition) is 1. The highest BCUT2D eigenvalue weighted by Crippen LogP contribution is 2.39. The molecule has 2 aromatic carbocycles. The largest absolute Gasteiger partial charge is 0.492 e. The maximum atomic E-state index is 12.8. The number of carbonyl (C=O) groups excluding carboxylic acids is 1. The van der Waals surface area contributed by atoms with E-state index in [-0.39, 0.29) is 5.91 Å². The van der Waals surface area contributed by atoms with Crippen LogP contribution in [0.2, 0.25) is 0 Å². The molecule has 1 aliphatic rings. The van der Waals surface area contributed by atoms with Crippen LogP contribution in [0.5, 0.6) is 17.2 Å². The van der Waals surface area contributed by atoms with Crippen molar-refractivity contribution in [1.29, 1.82) is 0 Å². The van der Waals surface area contributed by atoms with Crippen LogP contribution in [0.3, 0.4) is 0 Å². The SMILES string of the molecule is CCOc1cc(N2CCOCC2)c(OCC)cc1NC(=O)C(C)Oc1ccccc1. The van der Waals surface area contributed by atoms with Crippen molar-refractivity contribution in [2.75, 3.05) is 49.7 Å². The molecule has 1 N–H and O–H groups in total. The fourth-order valence-corrected chi connectivity index (χ4v) is 3.24. The second-order valence-electron chi connectivity index (χ2n) is 6.84. The zero-order valence-corrected chi connectivity index (χ0v) is 17.8. The fourth-order valence-electron chi connectivity index (χ4n) is 3.24. The molecule has 1 saturated heterocycles. The Morgan fingerprint density at radius 2 is 1.73 bits per heavy atom. The predicted octanol–water partition coefficient (Wildman–Crippen LogP) is 3.73. The lowest BCUT2D eigenvalue weighted by molar-refractivity contribution is -0.122. The van der Waals surface area contributed by atoms with Gasteiger partial charge in [0.25, 0.3) is 5.91 Å². The van der Waals surface area contributed by atoms with Crippen molar-refractivity contribution in [3.63, 3.8) is 0 Å². The van der Waals surface area contributed by atoms with E-state index in [1.807, 2.05) is 56.3 Å². The van der Waals surface area contributed by atoms with Gasteiger partial charge in [-0.3, -0.25) is 4.79 Å². The van der Waals surface area contributed by atoms with Gasteiger partial charge in [-0.25, -0.2) is 0 Å². The number of carbonyl (C=O) groups is 1. The van der Waals surface area contributed by atoms with E-state index >= 15 is 0 Å². The van der Waals surface area contributed by atoms with Crippen molar-refractivity contribution in [2.45, 2.75) is 26.9 Å². The fraction of sp³-hybridized carbons (Fsp3) is 0.435. The monoisotopic (exact) mass is 414 g/mol. The zero-order chi connectivity index (χ0) is 21.3. The molecular weight excluding hydrogens is 384 g/mol. The van der Waals surface area contributed by atoms with Gasteiger partial charge in [0.05, 0.1) is 37.8 Å². The predicted molar refractivity (Wildman–Crippen MR) is 117 cm³/mol. The quantitative estimate of drug-likeness (QED) is 0.674. The van der Waals surface area contributed by atoms with Crippen LogP contribution < -0.4 is 24.4 Å². The molecular formula is C23H30N2O5. The summed E-state index contributed by atoms with van der Waals surface area (Å²) < 4.78 is 22.9. The lowest BCUT2D eigenvalue weighted by Crippen LogP contribution is -2.36. The smallest absolute Gasteiger partial charge is 0.265 e. The standard InChI is InChI=1S/C23H30N2O5/c1-4-28-21-16-20(25-11-13-27-14-12-25)22(29-5-2)15-19(21)24-23(26)17(3)30-18-9-7-6-8-10-18/h6-10,15-17H,4-5,11-14H2,1-3H3,(H,24,26). The number of amides is 1. The van der Waals surface area contributed by atoms with Gasteiger partial charge < -0.3 is 29.2 Å². The van der Waals surface area contributed by atoms with Crippen molar-refractivity contribution < 1.29 is 23.7 Å². The molecule has 1 fully saturated rings. The number of para-hydroxylation sites is 1. The highest BCUT2D eigenvalue weighted by atomic mass is 16.5. The van der Waals surface area contributed by atoms with Crippen LogP contribution in [0.25, 0.3) is 0 Å². The lowest BCUT2D eigenvalue weighted by atomic mass is 10.2. The third-order valence-electron chi connectivity index (χ3n) is 4.70. The van der Waals surface area contributed by atoms with Gasteiger partial charge in [-0.05, 0) is 32.9 Å². The third-order valence-corrected chi connectivity index (χ3v) is 4.70. The summed E-state index contributed by atoms with van der Waals surface area (Å²) in [6, 6.07) is 13.0. The van der Waals surface area contributed by atoms with Gasteiger partial charge >= 0.3 is 0 Å². The summed E-state index contributed by atoms with van der Waals surface area (Å²) in [5, 5.41) is 2.93. The average Bonchev–Trinajstić information content (AvgIpc) is 2.77. The second kappa shape index (κ2) is 10.7. The molecule has 0 aliphatic carbocycles. The summed E-state index contributed by atoms with van der Waals surface area (Å²) in [5.41, 5.74) is 1.50. The van der Waals surface area contributed by atoms with Gasteiger partial charge in [-0.1, -0.05) is 18.2 Å². The molecule has 0 radical (unpaired) electrons. The number of nitrogens with zero attached hydrogens (tertiary/aromatic N) is 1. The Morgan fingerprint density at radius 1 is 1.07 bits per heavy atom. The van der Waals surface area contributed by atoms with Gasteiger partial charge in [0.15, 0.2) is 6.10 Å². The van der Waals surface area contributed by atoms with Crippen LogP contribution in [-0.2, 0) is 9.53 Å². The first-order chi connectivity index (χ1) is 14.6. The van der Waals surface area contributed by atoms with E-state index in [0.717, 1.165) is 18.8 Å². The van der Waals surface area contributed by atoms with E-state index in [2.05, 4.69) is 10.2 Å². The molecule has 0 saturated carbocycles. The van der Waals surface area contributed by atoms with Crippen LogP contribution in [0.4, 0.5) is 11.4 Å². The Bertz CT molecular complexity index is 822. The minimum atomic E-state index is -0.670. The summed E-state index contributed by atoms with van der Waals surface area (Å²) in [6.07, 6.45) is -0.670. The first-order valence-corrected chi connectivity index (χ1v) is 10.4. The van der Waals surface area contributed by atoms with E-state index in [0.29, 0.717) is 49.4 Å². The number of nitrogens with one attached hydrogen (secondary N) is 1. The van der Waals surface area contributed by atoms with E-state index < -0.39 is 6.10 Å². The maximum absolute atomic E-state index is 12.8. The van der Waals surface area contributed by atoms with Gasteiger partial charge in [0, 0.05) is 25.2 Å². The molecule has 0 spiro atoms. The van der Waals surface area contributed by atoms with Crippen LogP contribution in [-0.4, -0.2) is 51.5 Å². The normalized spacial score (nSPS) is 14.7. The topological polar surface area (TPSA) is 69.3 Å². The van der Waals surface area contributed by atoms with Gasteiger partial charge in [-0.2, -0.15) is 0 Å². The van der Waals surface area contributed by atoms with E-state index in [4.69, 9.17) is 18.9 Å². The molecule has 162 valence electrons. The Hall–Kier alpha value is -2.93. The van der Waals surface area contributed by atoms with E-state index in [9.17, 15) is 4.79 Å². The maximum Gasteiger partial charge on any atom is 0.265 e. The molecule has 1 heterocycles. The summed E-state index contributed by atoms with van der Waals surface area (Å²) in [4.78, 5) is 15.0. The number of hydrogen-bond acceptors (Lipinski definition) is 6. The number of rotatable bonds is 9. The molecule has 1 aliphatic heterocycles. The molecule has 1 unspecified atom stereocenters. The number of morpholine rings is 1. The second-order valence-corrected chi connectivity index (χ2v) is 6.84. The summed E-state index contributed by atoms with van der Waals surface area (Å²) in [5.74, 6) is 1.68. The molecule has 0 aromatic heterocycles. The molecule has 0 bridgehead atoms. The van der Waals surface area contributed by atoms with Crippen LogP contribution in [0.15, 0.2) is 42.5 Å². The first kappa shape index (κ1) is 21.8. The van der Waals surface area contributed by atoms with Crippen LogP contribution in [0, 0.1) is 0 Å². The highest BCUT2D eigenvalue weighted by Gasteiger charge is 2.22. The molecule has 3 rings (SSSR count). The minimum absolute atomic E-state index is 0.263. The Balaban J connectivity index is 1.82. The van der Waals surface area contributed by atoms with E-state index in [1.165, 1.54) is 0 Å². The van der Waals surface area contributed by atoms with Crippen LogP contribution >= 0.6 is 0 Å². The third kappa shape index (κ3) is 5.57. The average molecular weight is 415 g/mol. The number of benzene rings is 2. The molecule has 1 atom stereocenters. The number of anilines is 2. The zero-order valence-electron chi connectivity index (χ0n) is 17.8. The summed E-state index contributed by atoms with van der Waals surface area (Å²) >= 11 is 0. The summed E-state index contributed by atoms with van der Waals surface area (Å²) in [6.45, 7) is 9.46. The van der Waals surface area contributed by atoms with Gasteiger partial charge in [-0.15, -0.1) is 0 Å². The van der Waals surface area contributed by atoms with E-state index in [1.54, 1.807) is 6.92 Å². The number of ether oxygens (including phenoxy) is 4. The van der Waals surface area contributed by atoms with Gasteiger partial charge in [0.2, 0.25) is 0 Å². The van der Waals surface area contributed by atoms with Crippen molar-refractivity contribution in [2.24, 2.45) is 0 Å². The van der Waals surface area contributed by atoms with Crippen molar-refractivity contribution in [3.8, 4) is 17.2 Å². The van der Waals surface area contributed by atoms with Crippen LogP contribution in [0.1, 0.15) is 20.8 Å².